The van der Waals surface area contributed by atoms with Gasteiger partial charge in [0.1, 0.15) is 0 Å². The Bertz CT molecular complexity index is 640. The van der Waals surface area contributed by atoms with Crippen molar-refractivity contribution in [3.8, 4) is 0 Å². The second-order valence-corrected chi connectivity index (χ2v) is 5.14. The first-order valence-electron chi connectivity index (χ1n) is 6.53. The van der Waals surface area contributed by atoms with Gasteiger partial charge in [-0.2, -0.15) is 0 Å². The van der Waals surface area contributed by atoms with E-state index in [-0.39, 0.29) is 24.2 Å². The summed E-state index contributed by atoms with van der Waals surface area (Å²) in [6, 6.07) is 0. The molecule has 0 bridgehead atoms. The number of rotatable bonds is 5. The van der Waals surface area contributed by atoms with Crippen LogP contribution in [0.1, 0.15) is 13.3 Å². The summed E-state index contributed by atoms with van der Waals surface area (Å²) in [5.74, 6) is -4.28. The van der Waals surface area contributed by atoms with Gasteiger partial charge in [-0.05, 0) is 19.4 Å². The zero-order valence-corrected chi connectivity index (χ0v) is 11.8. The zero-order chi connectivity index (χ0) is 16.5. The second kappa shape index (κ2) is 5.59. The van der Waals surface area contributed by atoms with E-state index in [4.69, 9.17) is 4.74 Å². The van der Waals surface area contributed by atoms with Gasteiger partial charge in [-0.1, -0.05) is 12.7 Å². The number of hydrogen-bond acceptors (Lipinski definition) is 6. The molecule has 1 N–H and O–H groups in total. The molecule has 7 heteroatoms. The number of hydrogen-bond donors (Lipinski definition) is 1. The number of carboxylic acids is 1. The van der Waals surface area contributed by atoms with Gasteiger partial charge < -0.3 is 14.6 Å². The van der Waals surface area contributed by atoms with Gasteiger partial charge in [-0.15, -0.1) is 0 Å². The predicted octanol–water partition coefficient (Wildman–Crippen LogP) is 0.763. The highest BCUT2D eigenvalue weighted by atomic mass is 16.6. The van der Waals surface area contributed by atoms with Crippen LogP contribution in [-0.4, -0.2) is 35.6 Å². The molecule has 1 aliphatic carbocycles. The van der Waals surface area contributed by atoms with E-state index >= 15 is 0 Å². The van der Waals surface area contributed by atoms with Crippen LogP contribution in [0.15, 0.2) is 36.0 Å². The fourth-order valence-electron chi connectivity index (χ4n) is 2.58. The Hall–Kier alpha value is -2.70. The monoisotopic (exact) mass is 306 g/mol. The van der Waals surface area contributed by atoms with Crippen LogP contribution in [0.3, 0.4) is 0 Å². The number of carbonyl (C=O) groups excluding carboxylic acids is 3. The Morgan fingerprint density at radius 2 is 2.14 bits per heavy atom. The molecule has 2 unspecified atom stereocenters. The van der Waals surface area contributed by atoms with Gasteiger partial charge in [-0.25, -0.2) is 14.4 Å². The molecule has 0 saturated carbocycles. The maximum Gasteiger partial charge on any atom is 0.346 e. The van der Waals surface area contributed by atoms with Crippen molar-refractivity contribution in [2.45, 2.75) is 13.3 Å². The van der Waals surface area contributed by atoms with Gasteiger partial charge >= 0.3 is 23.9 Å². The molecule has 7 nitrogen and oxygen atoms in total. The van der Waals surface area contributed by atoms with E-state index in [0.717, 1.165) is 6.08 Å². The number of cyclic esters (lactones) is 2. The highest BCUT2D eigenvalue weighted by Crippen LogP contribution is 2.45. The van der Waals surface area contributed by atoms with Crippen LogP contribution < -0.4 is 0 Å². The van der Waals surface area contributed by atoms with Gasteiger partial charge in [0, 0.05) is 12.0 Å². The van der Waals surface area contributed by atoms with Gasteiger partial charge in [0.05, 0.1) is 23.2 Å². The van der Waals surface area contributed by atoms with Crippen molar-refractivity contribution in [1.29, 1.82) is 0 Å². The number of carbonyl (C=O) groups is 4. The number of carboxylic acid groups (broad SMARTS) is 1. The van der Waals surface area contributed by atoms with Crippen LogP contribution in [0.25, 0.3) is 0 Å². The third-order valence-corrected chi connectivity index (χ3v) is 3.86. The van der Waals surface area contributed by atoms with Crippen molar-refractivity contribution < 1.29 is 33.8 Å². The zero-order valence-electron chi connectivity index (χ0n) is 11.8. The Morgan fingerprint density at radius 1 is 1.45 bits per heavy atom. The molecule has 0 amide bonds. The average Bonchev–Trinajstić information content (AvgIpc) is 2.75. The lowest BCUT2D eigenvalue weighted by Crippen LogP contribution is -2.39. The van der Waals surface area contributed by atoms with E-state index in [1.54, 1.807) is 0 Å². The minimum atomic E-state index is -1.40. The summed E-state index contributed by atoms with van der Waals surface area (Å²) in [4.78, 5) is 46.1. The fraction of sp³-hybridized carbons (Fsp3) is 0.333. The molecule has 1 heterocycles. The Morgan fingerprint density at radius 3 is 2.73 bits per heavy atom. The number of ether oxygens (including phenoxy) is 2. The van der Waals surface area contributed by atoms with Crippen molar-refractivity contribution in [2.75, 3.05) is 6.61 Å². The van der Waals surface area contributed by atoms with E-state index < -0.39 is 35.2 Å². The molecule has 0 radical (unpaired) electrons. The first kappa shape index (κ1) is 15.7. The SMILES string of the molecule is C=CC(=O)OCCC1C2=C(C=CC1(C)C(=O)O)C(=O)OC2=O. The molecule has 2 atom stereocenters. The van der Waals surface area contributed by atoms with Crippen LogP contribution >= 0.6 is 0 Å². The van der Waals surface area contributed by atoms with E-state index in [0.29, 0.717) is 0 Å². The molecule has 0 saturated heterocycles. The molecule has 0 spiro atoms. The lowest BCUT2D eigenvalue weighted by Gasteiger charge is -2.33. The number of esters is 3. The fourth-order valence-corrected chi connectivity index (χ4v) is 2.58. The van der Waals surface area contributed by atoms with Crippen LogP contribution in [0, 0.1) is 11.3 Å². The molecular formula is C15H14O7. The molecule has 0 fully saturated rings. The summed E-state index contributed by atoms with van der Waals surface area (Å²) in [7, 11) is 0. The third-order valence-electron chi connectivity index (χ3n) is 3.86. The maximum absolute atomic E-state index is 11.8. The minimum absolute atomic E-state index is 0.0204. The summed E-state index contributed by atoms with van der Waals surface area (Å²) in [6.45, 7) is 4.58. The van der Waals surface area contributed by atoms with Crippen LogP contribution in [-0.2, 0) is 28.7 Å². The van der Waals surface area contributed by atoms with Crippen molar-refractivity contribution in [3.05, 3.63) is 36.0 Å². The summed E-state index contributed by atoms with van der Waals surface area (Å²) < 4.78 is 9.38. The molecule has 2 aliphatic rings. The first-order valence-corrected chi connectivity index (χ1v) is 6.53. The summed E-state index contributed by atoms with van der Waals surface area (Å²) in [5, 5.41) is 9.46. The van der Waals surface area contributed by atoms with Crippen LogP contribution in [0.4, 0.5) is 0 Å². The van der Waals surface area contributed by atoms with Crippen molar-refractivity contribution in [2.24, 2.45) is 11.3 Å². The summed E-state index contributed by atoms with van der Waals surface area (Å²) in [5.41, 5.74) is -1.32. The number of aliphatic carboxylic acids is 1. The Kier molecular flexibility index (Phi) is 3.99. The van der Waals surface area contributed by atoms with E-state index in [9.17, 15) is 24.3 Å². The molecule has 116 valence electrons. The maximum atomic E-state index is 11.8. The first-order chi connectivity index (χ1) is 10.3. The summed E-state index contributed by atoms with van der Waals surface area (Å²) >= 11 is 0. The molecule has 0 aromatic rings. The average molecular weight is 306 g/mol. The Labute approximate surface area is 125 Å². The van der Waals surface area contributed by atoms with Crippen molar-refractivity contribution in [3.63, 3.8) is 0 Å². The quantitative estimate of drug-likeness (QED) is 0.454. The van der Waals surface area contributed by atoms with E-state index in [1.165, 1.54) is 19.1 Å². The van der Waals surface area contributed by atoms with Crippen molar-refractivity contribution in [1.82, 2.24) is 0 Å². The Balaban J connectivity index is 2.32. The highest BCUT2D eigenvalue weighted by molar-refractivity contribution is 6.15. The third kappa shape index (κ3) is 2.45. The van der Waals surface area contributed by atoms with Gasteiger partial charge in [0.25, 0.3) is 0 Å². The lowest BCUT2D eigenvalue weighted by atomic mass is 9.67. The molecule has 1 aliphatic heterocycles. The molecule has 22 heavy (non-hydrogen) atoms. The van der Waals surface area contributed by atoms with Gasteiger partial charge in [0.2, 0.25) is 0 Å². The summed E-state index contributed by atoms with van der Waals surface area (Å²) in [6.07, 6.45) is 3.69. The van der Waals surface area contributed by atoms with E-state index in [2.05, 4.69) is 11.3 Å². The highest BCUT2D eigenvalue weighted by Gasteiger charge is 2.50. The molecule has 0 aromatic heterocycles. The lowest BCUT2D eigenvalue weighted by molar-refractivity contribution is -0.151. The van der Waals surface area contributed by atoms with E-state index in [1.807, 2.05) is 0 Å². The smallest absolute Gasteiger partial charge is 0.346 e. The molecule has 0 aromatic carbocycles. The van der Waals surface area contributed by atoms with Crippen LogP contribution in [0.2, 0.25) is 0 Å². The second-order valence-electron chi connectivity index (χ2n) is 5.14. The predicted molar refractivity (Wildman–Crippen MR) is 72.3 cm³/mol. The molecule has 2 rings (SSSR count). The van der Waals surface area contributed by atoms with Gasteiger partial charge in [-0.3, -0.25) is 4.79 Å². The van der Waals surface area contributed by atoms with Crippen LogP contribution in [0.5, 0.6) is 0 Å². The van der Waals surface area contributed by atoms with Crippen molar-refractivity contribution >= 4 is 23.9 Å². The standard InChI is InChI=1S/C15H14O7/c1-3-10(16)21-7-5-9-11-8(12(17)22-13(11)18)4-6-15(9,2)14(19)20/h3-4,6,9H,1,5,7H2,2H3,(H,19,20). The minimum Gasteiger partial charge on any atom is -0.481 e. The normalized spacial score (nSPS) is 26.5. The molecular weight excluding hydrogens is 292 g/mol. The van der Waals surface area contributed by atoms with Gasteiger partial charge in [0.15, 0.2) is 0 Å². The largest absolute Gasteiger partial charge is 0.481 e. The topological polar surface area (TPSA) is 107 Å².